The van der Waals surface area contributed by atoms with E-state index < -0.39 is 17.8 Å². The van der Waals surface area contributed by atoms with Gasteiger partial charge in [0.1, 0.15) is 0 Å². The van der Waals surface area contributed by atoms with E-state index in [1.807, 2.05) is 0 Å². The minimum absolute atomic E-state index is 0.0203. The Bertz CT molecular complexity index is 1020. The van der Waals surface area contributed by atoms with Gasteiger partial charge >= 0.3 is 12.2 Å². The van der Waals surface area contributed by atoms with Crippen molar-refractivity contribution in [1.82, 2.24) is 25.3 Å². The van der Waals surface area contributed by atoms with Crippen LogP contribution in [0.2, 0.25) is 0 Å². The van der Waals surface area contributed by atoms with Crippen LogP contribution in [0.25, 0.3) is 11.1 Å². The number of carbonyl (C=O) groups excluding carboxylic acids is 3. The number of hydrogen-bond donors (Lipinski definition) is 2. The van der Waals surface area contributed by atoms with Crippen molar-refractivity contribution < 1.29 is 27.6 Å². The van der Waals surface area contributed by atoms with Gasteiger partial charge in [-0.25, -0.2) is 4.79 Å². The zero-order valence-corrected chi connectivity index (χ0v) is 17.8. The highest BCUT2D eigenvalue weighted by Crippen LogP contribution is 2.37. The third kappa shape index (κ3) is 4.86. The lowest BCUT2D eigenvalue weighted by atomic mass is 9.94. The average molecular weight is 463 g/mol. The Morgan fingerprint density at radius 3 is 2.58 bits per heavy atom. The number of nitrogens with one attached hydrogen (secondary N) is 2. The molecular formula is C22H24F3N5O3. The molecule has 2 aliphatic rings. The summed E-state index contributed by atoms with van der Waals surface area (Å²) in [5, 5.41) is 9.49. The van der Waals surface area contributed by atoms with Gasteiger partial charge in [-0.2, -0.15) is 18.3 Å². The predicted octanol–water partition coefficient (Wildman–Crippen LogP) is 3.48. The van der Waals surface area contributed by atoms with Crippen LogP contribution in [0.15, 0.2) is 30.5 Å². The molecule has 0 radical (unpaired) electrons. The van der Waals surface area contributed by atoms with Crippen molar-refractivity contribution in [2.75, 3.05) is 19.6 Å². The Morgan fingerprint density at radius 2 is 1.91 bits per heavy atom. The Hall–Kier alpha value is -3.37. The molecule has 0 saturated carbocycles. The number of amides is 4. The fraction of sp³-hybridized carbons (Fsp3) is 0.455. The van der Waals surface area contributed by atoms with Gasteiger partial charge < -0.3 is 10.2 Å². The summed E-state index contributed by atoms with van der Waals surface area (Å²) in [5.74, 6) is -0.401. The van der Waals surface area contributed by atoms with Gasteiger partial charge in [-0.3, -0.25) is 19.6 Å². The normalized spacial score (nSPS) is 19.2. The van der Waals surface area contributed by atoms with Gasteiger partial charge in [0.15, 0.2) is 0 Å². The molecule has 176 valence electrons. The number of imide groups is 1. The first-order chi connectivity index (χ1) is 15.8. The van der Waals surface area contributed by atoms with E-state index >= 15 is 0 Å². The summed E-state index contributed by atoms with van der Waals surface area (Å²) >= 11 is 0. The molecule has 2 fully saturated rings. The number of rotatable bonds is 6. The van der Waals surface area contributed by atoms with Crippen LogP contribution in [0, 0.1) is 0 Å². The van der Waals surface area contributed by atoms with Gasteiger partial charge in [0.05, 0.1) is 30.0 Å². The highest BCUT2D eigenvalue weighted by atomic mass is 19.4. The number of urea groups is 1. The summed E-state index contributed by atoms with van der Waals surface area (Å²) in [5.41, 5.74) is 1.21. The molecule has 0 unspecified atom stereocenters. The molecule has 4 rings (SSSR count). The summed E-state index contributed by atoms with van der Waals surface area (Å²) in [6.07, 6.45) is 0.140. The maximum atomic E-state index is 13.0. The molecule has 2 saturated heterocycles. The maximum Gasteiger partial charge on any atom is 0.416 e. The molecule has 4 amide bonds. The highest BCUT2D eigenvalue weighted by molar-refractivity contribution is 6.01. The first kappa shape index (κ1) is 22.8. The van der Waals surface area contributed by atoms with Gasteiger partial charge in [0.2, 0.25) is 11.8 Å². The van der Waals surface area contributed by atoms with Crippen LogP contribution >= 0.6 is 0 Å². The van der Waals surface area contributed by atoms with Crippen LogP contribution in [-0.4, -0.2) is 57.5 Å². The van der Waals surface area contributed by atoms with Gasteiger partial charge in [-0.1, -0.05) is 12.1 Å². The molecular weight excluding hydrogens is 439 g/mol. The van der Waals surface area contributed by atoms with Gasteiger partial charge in [-0.05, 0) is 43.4 Å². The molecule has 2 aromatic rings. The van der Waals surface area contributed by atoms with Crippen LogP contribution in [0.3, 0.4) is 0 Å². The van der Waals surface area contributed by atoms with Crippen LogP contribution < -0.4 is 5.32 Å². The summed E-state index contributed by atoms with van der Waals surface area (Å²) in [6, 6.07) is 4.16. The lowest BCUT2D eigenvalue weighted by Gasteiger charge is -2.36. The minimum Gasteiger partial charge on any atom is -0.334 e. The minimum atomic E-state index is -4.41. The fourth-order valence-corrected chi connectivity index (χ4v) is 4.36. The molecule has 1 aromatic heterocycles. The monoisotopic (exact) mass is 463 g/mol. The number of aromatic amines is 1. The SMILES string of the molecule is O=C1CNC(=O)N1CCCC(=O)N1CCCC[C@H]1c1[nH]ncc1-c1ccc(C(F)(F)F)cc1. The van der Waals surface area contributed by atoms with E-state index in [1.54, 1.807) is 11.1 Å². The second-order valence-electron chi connectivity index (χ2n) is 8.18. The van der Waals surface area contributed by atoms with Crippen LogP contribution in [-0.2, 0) is 15.8 Å². The molecule has 0 aliphatic carbocycles. The number of benzene rings is 1. The van der Waals surface area contributed by atoms with E-state index in [1.165, 1.54) is 12.1 Å². The first-order valence-electron chi connectivity index (χ1n) is 10.8. The molecule has 33 heavy (non-hydrogen) atoms. The second-order valence-corrected chi connectivity index (χ2v) is 8.18. The van der Waals surface area contributed by atoms with E-state index in [2.05, 4.69) is 15.5 Å². The maximum absolute atomic E-state index is 13.0. The van der Waals surface area contributed by atoms with Crippen molar-refractivity contribution in [3.8, 4) is 11.1 Å². The van der Waals surface area contributed by atoms with Crippen molar-refractivity contribution in [3.63, 3.8) is 0 Å². The van der Waals surface area contributed by atoms with Crippen LogP contribution in [0.5, 0.6) is 0 Å². The predicted molar refractivity (Wildman–Crippen MR) is 112 cm³/mol. The second kappa shape index (κ2) is 9.24. The molecule has 2 aliphatic heterocycles. The zero-order chi connectivity index (χ0) is 23.6. The number of carbonyl (C=O) groups is 3. The van der Waals surface area contributed by atoms with E-state index in [-0.39, 0.29) is 37.4 Å². The topological polar surface area (TPSA) is 98.4 Å². The van der Waals surface area contributed by atoms with Gasteiger partial charge in [0.25, 0.3) is 0 Å². The quantitative estimate of drug-likeness (QED) is 0.641. The Kier molecular flexibility index (Phi) is 6.39. The average Bonchev–Trinajstić information content (AvgIpc) is 3.41. The number of halogens is 3. The Balaban J connectivity index is 1.46. The summed E-state index contributed by atoms with van der Waals surface area (Å²) < 4.78 is 38.7. The Morgan fingerprint density at radius 1 is 1.15 bits per heavy atom. The van der Waals surface area contributed by atoms with Crippen molar-refractivity contribution in [1.29, 1.82) is 0 Å². The number of alkyl halides is 3. The van der Waals surface area contributed by atoms with Crippen molar-refractivity contribution in [2.45, 2.75) is 44.3 Å². The lowest BCUT2D eigenvalue weighted by Crippen LogP contribution is -2.39. The van der Waals surface area contributed by atoms with Crippen molar-refractivity contribution in [2.24, 2.45) is 0 Å². The first-order valence-corrected chi connectivity index (χ1v) is 10.8. The molecule has 1 atom stereocenters. The number of aromatic nitrogens is 2. The standard InChI is InChI=1S/C22H24F3N5O3/c23-22(24,25)15-8-6-14(7-9-15)16-12-27-28-20(16)17-4-1-2-10-29(17)18(31)5-3-11-30-19(32)13-26-21(30)33/h6-9,12,17H,1-5,10-11,13H2,(H,26,33)(H,27,28)/t17-/m0/s1. The number of piperidine rings is 1. The summed E-state index contributed by atoms with van der Waals surface area (Å²) in [6.45, 7) is 0.710. The van der Waals surface area contributed by atoms with E-state index in [4.69, 9.17) is 0 Å². The van der Waals surface area contributed by atoms with Crippen molar-refractivity contribution in [3.05, 3.63) is 41.7 Å². The van der Waals surface area contributed by atoms with Crippen LogP contribution in [0.4, 0.5) is 18.0 Å². The highest BCUT2D eigenvalue weighted by Gasteiger charge is 2.33. The third-order valence-electron chi connectivity index (χ3n) is 6.06. The zero-order valence-electron chi connectivity index (χ0n) is 17.8. The fourth-order valence-electron chi connectivity index (χ4n) is 4.36. The number of hydrogen-bond acceptors (Lipinski definition) is 4. The van der Waals surface area contributed by atoms with Crippen LogP contribution in [0.1, 0.15) is 49.4 Å². The molecule has 2 N–H and O–H groups in total. The smallest absolute Gasteiger partial charge is 0.334 e. The Labute approximate surface area is 188 Å². The van der Waals surface area contributed by atoms with E-state index in [0.29, 0.717) is 36.2 Å². The number of likely N-dealkylation sites (tertiary alicyclic amines) is 1. The molecule has 3 heterocycles. The molecule has 11 heteroatoms. The molecule has 0 bridgehead atoms. The van der Waals surface area contributed by atoms with E-state index in [0.717, 1.165) is 29.9 Å². The molecule has 0 spiro atoms. The molecule has 1 aromatic carbocycles. The number of nitrogens with zero attached hydrogens (tertiary/aromatic N) is 3. The largest absolute Gasteiger partial charge is 0.416 e. The molecule has 8 nitrogen and oxygen atoms in total. The lowest BCUT2D eigenvalue weighted by molar-refractivity contribution is -0.137. The van der Waals surface area contributed by atoms with Crippen molar-refractivity contribution >= 4 is 17.8 Å². The number of H-pyrrole nitrogens is 1. The van der Waals surface area contributed by atoms with Gasteiger partial charge in [0, 0.05) is 25.1 Å². The summed E-state index contributed by atoms with van der Waals surface area (Å²) in [4.78, 5) is 39.2. The van der Waals surface area contributed by atoms with E-state index in [9.17, 15) is 27.6 Å². The third-order valence-corrected chi connectivity index (χ3v) is 6.06. The van der Waals surface area contributed by atoms with Gasteiger partial charge in [-0.15, -0.1) is 0 Å². The summed E-state index contributed by atoms with van der Waals surface area (Å²) in [7, 11) is 0.